The van der Waals surface area contributed by atoms with Crippen LogP contribution >= 0.6 is 11.3 Å². The first-order valence-corrected chi connectivity index (χ1v) is 10.3. The summed E-state index contributed by atoms with van der Waals surface area (Å²) in [5, 5.41) is 10.0. The van der Waals surface area contributed by atoms with E-state index in [1.54, 1.807) is 0 Å². The minimum atomic E-state index is -3.25. The van der Waals surface area contributed by atoms with E-state index in [0.29, 0.717) is 9.75 Å². The van der Waals surface area contributed by atoms with Crippen molar-refractivity contribution in [3.8, 4) is 16.2 Å². The molecule has 1 aromatic carbocycles. The first-order chi connectivity index (χ1) is 14.2. The van der Waals surface area contributed by atoms with E-state index in [9.17, 15) is 23.5 Å². The number of halogens is 3. The summed E-state index contributed by atoms with van der Waals surface area (Å²) in [5.74, 6) is -4.03. The molecule has 1 fully saturated rings. The zero-order chi connectivity index (χ0) is 21.4. The number of aromatic nitrogens is 2. The second kappa shape index (κ2) is 6.45. The zero-order valence-electron chi connectivity index (χ0n) is 15.8. The molecule has 6 nitrogen and oxygen atoms in total. The van der Waals surface area contributed by atoms with Crippen LogP contribution in [0.25, 0.3) is 21.3 Å². The lowest BCUT2D eigenvalue weighted by atomic mass is 9.92. The van der Waals surface area contributed by atoms with Gasteiger partial charge in [-0.2, -0.15) is 0 Å². The number of hydrogen-bond donors (Lipinski definition) is 2. The van der Waals surface area contributed by atoms with Gasteiger partial charge in [-0.3, -0.25) is 14.3 Å². The molecule has 0 bridgehead atoms. The summed E-state index contributed by atoms with van der Waals surface area (Å²) in [6, 6.07) is 2.26. The number of rotatable bonds is 3. The molecule has 1 unspecified atom stereocenters. The van der Waals surface area contributed by atoms with Gasteiger partial charge in [0.05, 0.1) is 18.1 Å². The highest BCUT2D eigenvalue weighted by Crippen LogP contribution is 2.49. The molecule has 3 aromatic rings. The van der Waals surface area contributed by atoms with Crippen molar-refractivity contribution in [2.75, 3.05) is 7.11 Å². The number of benzene rings is 1. The first-order valence-electron chi connectivity index (χ1n) is 9.47. The Morgan fingerprint density at radius 3 is 2.70 bits per heavy atom. The minimum Gasteiger partial charge on any atom is -0.494 e. The van der Waals surface area contributed by atoms with Gasteiger partial charge in [0.1, 0.15) is 17.4 Å². The molecule has 0 aliphatic heterocycles. The number of aliphatic hydroxyl groups is 1. The summed E-state index contributed by atoms with van der Waals surface area (Å²) in [5.41, 5.74) is -1.09. The van der Waals surface area contributed by atoms with E-state index < -0.39 is 35.5 Å². The summed E-state index contributed by atoms with van der Waals surface area (Å²) in [6.07, 6.45) is -0.909. The lowest BCUT2D eigenvalue weighted by Crippen LogP contribution is -2.30. The molecule has 5 rings (SSSR count). The van der Waals surface area contributed by atoms with Gasteiger partial charge in [-0.25, -0.2) is 18.0 Å². The highest BCUT2D eigenvalue weighted by Gasteiger charge is 2.44. The van der Waals surface area contributed by atoms with Gasteiger partial charge in [0.2, 0.25) is 0 Å². The van der Waals surface area contributed by atoms with Crippen molar-refractivity contribution in [3.63, 3.8) is 0 Å². The highest BCUT2D eigenvalue weighted by molar-refractivity contribution is 7.15. The third-order valence-electron chi connectivity index (χ3n) is 5.72. The number of aliphatic hydroxyl groups excluding tert-OH is 1. The maximum atomic E-state index is 15.2. The van der Waals surface area contributed by atoms with Crippen molar-refractivity contribution in [3.05, 3.63) is 49.2 Å². The number of fused-ring (bicyclic) bond motifs is 2. The van der Waals surface area contributed by atoms with Crippen molar-refractivity contribution >= 4 is 22.2 Å². The monoisotopic (exact) mass is 438 g/mol. The van der Waals surface area contributed by atoms with Crippen LogP contribution < -0.4 is 16.0 Å². The fourth-order valence-electron chi connectivity index (χ4n) is 4.10. The predicted octanol–water partition coefficient (Wildman–Crippen LogP) is 3.52. The van der Waals surface area contributed by atoms with E-state index in [1.165, 1.54) is 17.7 Å². The Labute approximate surface area is 171 Å². The third kappa shape index (κ3) is 2.73. The number of thiophene rings is 1. The van der Waals surface area contributed by atoms with E-state index in [-0.39, 0.29) is 40.2 Å². The van der Waals surface area contributed by atoms with Crippen LogP contribution in [0.3, 0.4) is 0 Å². The van der Waals surface area contributed by atoms with Crippen LogP contribution in [0.1, 0.15) is 41.8 Å². The molecular formula is C20H17F3N2O4S. The molecule has 0 saturated heterocycles. The van der Waals surface area contributed by atoms with Crippen LogP contribution in [0.5, 0.6) is 5.75 Å². The van der Waals surface area contributed by atoms with E-state index in [2.05, 4.69) is 4.98 Å². The Bertz CT molecular complexity index is 1310. The van der Waals surface area contributed by atoms with Gasteiger partial charge in [0.15, 0.2) is 5.75 Å². The lowest BCUT2D eigenvalue weighted by Gasteiger charge is -2.27. The Morgan fingerprint density at radius 1 is 1.30 bits per heavy atom. The Morgan fingerprint density at radius 2 is 2.03 bits per heavy atom. The SMILES string of the molecule is COc1c(-c2cc3c(s2)CCC(F)(F)C3O)c(F)cc2c(=O)[nH]c(=O)n(C3CC3)c12. The highest BCUT2D eigenvalue weighted by atomic mass is 32.1. The second-order valence-electron chi connectivity index (χ2n) is 7.68. The molecule has 2 aliphatic carbocycles. The molecule has 0 spiro atoms. The van der Waals surface area contributed by atoms with Gasteiger partial charge >= 0.3 is 5.69 Å². The van der Waals surface area contributed by atoms with Gasteiger partial charge in [-0.05, 0) is 31.4 Å². The third-order valence-corrected chi connectivity index (χ3v) is 6.94. The number of nitrogens with one attached hydrogen (secondary N) is 1. The number of aryl methyl sites for hydroxylation is 1. The van der Waals surface area contributed by atoms with Gasteiger partial charge in [0.25, 0.3) is 11.5 Å². The van der Waals surface area contributed by atoms with Crippen LogP contribution in [-0.2, 0) is 6.42 Å². The van der Waals surface area contributed by atoms with Crippen molar-refractivity contribution in [1.29, 1.82) is 0 Å². The van der Waals surface area contributed by atoms with E-state index in [1.807, 2.05) is 0 Å². The molecule has 1 atom stereocenters. The smallest absolute Gasteiger partial charge is 0.329 e. The van der Waals surface area contributed by atoms with Gasteiger partial charge in [-0.1, -0.05) is 0 Å². The topological polar surface area (TPSA) is 84.3 Å². The predicted molar refractivity (Wildman–Crippen MR) is 105 cm³/mol. The standard InChI is InChI=1S/C20H17F3N2O4S/c1-29-16-14(13-7-9-12(30-13)4-5-20(22,23)17(9)26)11(21)6-10-15(16)25(8-2-3-8)19(28)24-18(10)27/h6-8,17,26H,2-5H2,1H3,(H,24,27,28). The lowest BCUT2D eigenvalue weighted by molar-refractivity contribution is -0.121. The summed E-state index contributed by atoms with van der Waals surface area (Å²) in [7, 11) is 1.30. The van der Waals surface area contributed by atoms with Crippen LogP contribution in [0.4, 0.5) is 13.2 Å². The molecule has 2 heterocycles. The maximum absolute atomic E-state index is 15.2. The average molecular weight is 438 g/mol. The van der Waals surface area contributed by atoms with Crippen LogP contribution in [0.2, 0.25) is 0 Å². The van der Waals surface area contributed by atoms with Crippen LogP contribution in [0, 0.1) is 5.82 Å². The molecule has 30 heavy (non-hydrogen) atoms. The quantitative estimate of drug-likeness (QED) is 0.656. The summed E-state index contributed by atoms with van der Waals surface area (Å²) in [6.45, 7) is 0. The van der Waals surface area contributed by atoms with E-state index >= 15 is 4.39 Å². The summed E-state index contributed by atoms with van der Waals surface area (Å²) in [4.78, 5) is 27.8. The molecular weight excluding hydrogens is 421 g/mol. The Balaban J connectivity index is 1.81. The minimum absolute atomic E-state index is 0.0000491. The Kier molecular flexibility index (Phi) is 4.17. The van der Waals surface area contributed by atoms with Crippen molar-refractivity contribution in [1.82, 2.24) is 9.55 Å². The average Bonchev–Trinajstić information content (AvgIpc) is 3.43. The van der Waals surface area contributed by atoms with E-state index in [0.717, 1.165) is 30.2 Å². The number of alkyl halides is 2. The molecule has 1 saturated carbocycles. The molecule has 2 N–H and O–H groups in total. The Hall–Kier alpha value is -2.59. The first kappa shape index (κ1) is 19.4. The van der Waals surface area contributed by atoms with Crippen molar-refractivity contribution in [2.45, 2.75) is 43.8 Å². The molecule has 2 aliphatic rings. The van der Waals surface area contributed by atoms with Gasteiger partial charge in [-0.15, -0.1) is 11.3 Å². The molecule has 158 valence electrons. The number of aromatic amines is 1. The van der Waals surface area contributed by atoms with Gasteiger partial charge < -0.3 is 9.84 Å². The molecule has 10 heteroatoms. The normalized spacial score (nSPS) is 20.4. The van der Waals surface area contributed by atoms with Crippen LogP contribution in [-0.4, -0.2) is 27.7 Å². The number of nitrogens with zero attached hydrogens (tertiary/aromatic N) is 1. The maximum Gasteiger partial charge on any atom is 0.329 e. The van der Waals surface area contributed by atoms with Crippen LogP contribution in [0.15, 0.2) is 21.7 Å². The molecule has 0 amide bonds. The number of H-pyrrole nitrogens is 1. The number of ether oxygens (including phenoxy) is 1. The second-order valence-corrected chi connectivity index (χ2v) is 8.81. The molecule has 0 radical (unpaired) electrons. The summed E-state index contributed by atoms with van der Waals surface area (Å²) >= 11 is 1.10. The largest absolute Gasteiger partial charge is 0.494 e. The zero-order valence-corrected chi connectivity index (χ0v) is 16.6. The fraction of sp³-hybridized carbons (Fsp3) is 0.400. The number of hydrogen-bond acceptors (Lipinski definition) is 5. The van der Waals surface area contributed by atoms with Gasteiger partial charge in [0, 0.05) is 27.8 Å². The fourth-order valence-corrected chi connectivity index (χ4v) is 5.34. The molecule has 2 aromatic heterocycles. The van der Waals surface area contributed by atoms with Crippen molar-refractivity contribution < 1.29 is 23.0 Å². The number of methoxy groups -OCH3 is 1. The van der Waals surface area contributed by atoms with Crippen molar-refractivity contribution in [2.24, 2.45) is 0 Å². The van der Waals surface area contributed by atoms with E-state index in [4.69, 9.17) is 4.74 Å². The summed E-state index contributed by atoms with van der Waals surface area (Å²) < 4.78 is 49.9.